The Morgan fingerprint density at radius 3 is 2.76 bits per heavy atom. The molecule has 0 atom stereocenters. The number of rotatable bonds is 5. The number of benzene rings is 1. The first-order chi connectivity index (χ1) is 9.90. The predicted octanol–water partition coefficient (Wildman–Crippen LogP) is 3.62. The molecule has 0 saturated heterocycles. The minimum absolute atomic E-state index is 0.0607. The van der Waals surface area contributed by atoms with E-state index in [4.69, 9.17) is 5.11 Å². The lowest BCUT2D eigenvalue weighted by molar-refractivity contribution is -0.133. The van der Waals surface area contributed by atoms with Crippen molar-refractivity contribution in [1.82, 2.24) is 9.55 Å². The Kier molecular flexibility index (Phi) is 4.67. The summed E-state index contributed by atoms with van der Waals surface area (Å²) in [6, 6.07) is 4.56. The molecule has 0 spiro atoms. The fraction of sp³-hybridized carbons (Fsp3) is 0.333. The Morgan fingerprint density at radius 1 is 1.48 bits per heavy atom. The zero-order valence-corrected chi connectivity index (χ0v) is 12.9. The maximum atomic E-state index is 13.3. The lowest BCUT2D eigenvalue weighted by atomic mass is 10.1. The zero-order valence-electron chi connectivity index (χ0n) is 12.1. The van der Waals surface area contributed by atoms with Gasteiger partial charge in [0.05, 0.1) is 17.6 Å². The first kappa shape index (κ1) is 15.6. The summed E-state index contributed by atoms with van der Waals surface area (Å²) in [4.78, 5) is 15.1. The number of imidazole rings is 1. The molecule has 0 radical (unpaired) electrons. The Labute approximate surface area is 127 Å². The van der Waals surface area contributed by atoms with Crippen LogP contribution in [0.1, 0.15) is 31.0 Å². The Bertz CT molecular complexity index is 668. The van der Waals surface area contributed by atoms with Crippen LogP contribution in [0.15, 0.2) is 29.6 Å². The Hall–Kier alpha value is -1.82. The van der Waals surface area contributed by atoms with E-state index in [0.29, 0.717) is 5.16 Å². The summed E-state index contributed by atoms with van der Waals surface area (Å²) in [6.07, 6.45) is 1.75. The van der Waals surface area contributed by atoms with Gasteiger partial charge in [0.15, 0.2) is 5.16 Å². The van der Waals surface area contributed by atoms with E-state index in [2.05, 4.69) is 4.98 Å². The Morgan fingerprint density at radius 2 is 2.19 bits per heavy atom. The molecule has 0 aliphatic heterocycles. The van der Waals surface area contributed by atoms with Crippen LogP contribution < -0.4 is 0 Å². The second-order valence-corrected chi connectivity index (χ2v) is 6.01. The standard InChI is InChI=1S/C15H17FN2O2S/c1-9(2)13-7-17-15(21-8-14(19)20)18(13)12-5-4-11(16)6-10(12)3/h4-7,9H,8H2,1-3H3,(H,19,20). The molecule has 1 aromatic heterocycles. The molecule has 0 bridgehead atoms. The highest BCUT2D eigenvalue weighted by Crippen LogP contribution is 2.29. The smallest absolute Gasteiger partial charge is 0.313 e. The molecule has 0 fully saturated rings. The van der Waals surface area contributed by atoms with Gasteiger partial charge in [-0.1, -0.05) is 25.6 Å². The SMILES string of the molecule is Cc1cc(F)ccc1-n1c(C(C)C)cnc1SCC(=O)O. The Balaban J connectivity index is 2.52. The van der Waals surface area contributed by atoms with E-state index in [1.165, 1.54) is 12.1 Å². The number of aromatic nitrogens is 2. The van der Waals surface area contributed by atoms with Gasteiger partial charge >= 0.3 is 5.97 Å². The van der Waals surface area contributed by atoms with Crippen molar-refractivity contribution in [2.24, 2.45) is 0 Å². The fourth-order valence-electron chi connectivity index (χ4n) is 2.09. The minimum atomic E-state index is -0.892. The molecule has 6 heteroatoms. The topological polar surface area (TPSA) is 55.1 Å². The van der Waals surface area contributed by atoms with E-state index in [9.17, 15) is 9.18 Å². The molecular weight excluding hydrogens is 291 g/mol. The third kappa shape index (κ3) is 3.44. The summed E-state index contributed by atoms with van der Waals surface area (Å²) in [7, 11) is 0. The molecule has 0 aliphatic carbocycles. The van der Waals surface area contributed by atoms with E-state index < -0.39 is 5.97 Å². The number of aliphatic carboxylic acids is 1. The third-order valence-electron chi connectivity index (χ3n) is 3.07. The number of carboxylic acids is 1. The number of halogens is 1. The molecule has 0 aliphatic rings. The predicted molar refractivity (Wildman–Crippen MR) is 80.7 cm³/mol. The van der Waals surface area contributed by atoms with E-state index in [1.807, 2.05) is 25.3 Å². The van der Waals surface area contributed by atoms with Gasteiger partial charge in [-0.2, -0.15) is 0 Å². The van der Waals surface area contributed by atoms with Gasteiger partial charge in [0.1, 0.15) is 5.82 Å². The lowest BCUT2D eigenvalue weighted by Gasteiger charge is -2.15. The van der Waals surface area contributed by atoms with Crippen LogP contribution in [-0.2, 0) is 4.79 Å². The van der Waals surface area contributed by atoms with Crippen LogP contribution in [0.25, 0.3) is 5.69 Å². The number of hydrogen-bond acceptors (Lipinski definition) is 3. The van der Waals surface area contributed by atoms with Crippen molar-refractivity contribution < 1.29 is 14.3 Å². The largest absolute Gasteiger partial charge is 0.481 e. The van der Waals surface area contributed by atoms with Crippen molar-refractivity contribution in [3.63, 3.8) is 0 Å². The van der Waals surface area contributed by atoms with Crippen LogP contribution in [0.5, 0.6) is 0 Å². The van der Waals surface area contributed by atoms with Crippen LogP contribution in [-0.4, -0.2) is 26.4 Å². The molecule has 112 valence electrons. The molecule has 1 heterocycles. The molecule has 2 aromatic rings. The van der Waals surface area contributed by atoms with Gasteiger partial charge in [-0.15, -0.1) is 0 Å². The average Bonchev–Trinajstić information content (AvgIpc) is 2.80. The minimum Gasteiger partial charge on any atom is -0.481 e. The average molecular weight is 308 g/mol. The number of carboxylic acid groups (broad SMARTS) is 1. The van der Waals surface area contributed by atoms with Crippen LogP contribution >= 0.6 is 11.8 Å². The van der Waals surface area contributed by atoms with Crippen LogP contribution in [0.3, 0.4) is 0 Å². The quantitative estimate of drug-likeness (QED) is 0.857. The number of aryl methyl sites for hydroxylation is 1. The highest BCUT2D eigenvalue weighted by atomic mass is 32.2. The molecule has 1 aromatic carbocycles. The van der Waals surface area contributed by atoms with E-state index in [1.54, 1.807) is 12.3 Å². The molecular formula is C15H17FN2O2S. The van der Waals surface area contributed by atoms with E-state index in [0.717, 1.165) is 28.7 Å². The highest BCUT2D eigenvalue weighted by molar-refractivity contribution is 7.99. The maximum Gasteiger partial charge on any atom is 0.313 e. The van der Waals surface area contributed by atoms with Gasteiger partial charge in [0.2, 0.25) is 0 Å². The molecule has 0 saturated carbocycles. The van der Waals surface area contributed by atoms with Crippen molar-refractivity contribution in [2.45, 2.75) is 31.8 Å². The number of carbonyl (C=O) groups is 1. The van der Waals surface area contributed by atoms with Crippen molar-refractivity contribution in [2.75, 3.05) is 5.75 Å². The van der Waals surface area contributed by atoms with E-state index >= 15 is 0 Å². The maximum absolute atomic E-state index is 13.3. The zero-order chi connectivity index (χ0) is 15.6. The van der Waals surface area contributed by atoms with Crippen molar-refractivity contribution in [3.8, 4) is 5.69 Å². The summed E-state index contributed by atoms with van der Waals surface area (Å²) in [5.74, 6) is -1.02. The first-order valence-electron chi connectivity index (χ1n) is 6.59. The first-order valence-corrected chi connectivity index (χ1v) is 7.57. The van der Waals surface area contributed by atoms with Crippen LogP contribution in [0.2, 0.25) is 0 Å². The second-order valence-electron chi connectivity index (χ2n) is 5.07. The van der Waals surface area contributed by atoms with Crippen molar-refractivity contribution >= 4 is 17.7 Å². The van der Waals surface area contributed by atoms with Crippen molar-refractivity contribution in [1.29, 1.82) is 0 Å². The number of thioether (sulfide) groups is 1. The summed E-state index contributed by atoms with van der Waals surface area (Å²) in [6.45, 7) is 5.91. The van der Waals surface area contributed by atoms with Gasteiger partial charge in [-0.05, 0) is 36.6 Å². The second kappa shape index (κ2) is 6.30. The third-order valence-corrected chi connectivity index (χ3v) is 4.01. The molecule has 0 unspecified atom stereocenters. The molecule has 1 N–H and O–H groups in total. The highest BCUT2D eigenvalue weighted by Gasteiger charge is 2.17. The summed E-state index contributed by atoms with van der Waals surface area (Å²) < 4.78 is 15.2. The molecule has 4 nitrogen and oxygen atoms in total. The molecule has 0 amide bonds. The van der Waals surface area contributed by atoms with Gasteiger partial charge < -0.3 is 5.11 Å². The van der Waals surface area contributed by atoms with Crippen LogP contribution in [0, 0.1) is 12.7 Å². The monoisotopic (exact) mass is 308 g/mol. The van der Waals surface area contributed by atoms with Gasteiger partial charge in [0, 0.05) is 5.69 Å². The fourth-order valence-corrected chi connectivity index (χ4v) is 2.81. The lowest BCUT2D eigenvalue weighted by Crippen LogP contribution is -2.07. The number of hydrogen-bond donors (Lipinski definition) is 1. The summed E-state index contributed by atoms with van der Waals surface area (Å²) in [5, 5.41) is 9.44. The molecule has 2 rings (SSSR count). The normalized spacial score (nSPS) is 11.1. The number of nitrogens with zero attached hydrogens (tertiary/aromatic N) is 2. The summed E-state index contributed by atoms with van der Waals surface area (Å²) >= 11 is 1.16. The van der Waals surface area contributed by atoms with Gasteiger partial charge in [-0.3, -0.25) is 9.36 Å². The van der Waals surface area contributed by atoms with Gasteiger partial charge in [0.25, 0.3) is 0 Å². The van der Waals surface area contributed by atoms with Crippen LogP contribution in [0.4, 0.5) is 4.39 Å². The van der Waals surface area contributed by atoms with Crippen molar-refractivity contribution in [3.05, 3.63) is 41.5 Å². The summed E-state index contributed by atoms with van der Waals surface area (Å²) in [5.41, 5.74) is 2.58. The van der Waals surface area contributed by atoms with E-state index in [-0.39, 0.29) is 17.5 Å². The van der Waals surface area contributed by atoms with Gasteiger partial charge in [-0.25, -0.2) is 9.37 Å². The molecule has 21 heavy (non-hydrogen) atoms.